The summed E-state index contributed by atoms with van der Waals surface area (Å²) >= 11 is 9.77. The summed E-state index contributed by atoms with van der Waals surface area (Å²) in [4.78, 5) is 0. The summed E-state index contributed by atoms with van der Waals surface area (Å²) in [6, 6.07) is 115. The maximum absolute atomic E-state index is 3.78. The van der Waals surface area contributed by atoms with Crippen molar-refractivity contribution in [3.05, 3.63) is 384 Å². The van der Waals surface area contributed by atoms with Gasteiger partial charge in [0, 0.05) is 29.0 Å². The molecule has 3 aliphatic carbocycles. The molecule has 15 aromatic rings. The van der Waals surface area contributed by atoms with Crippen molar-refractivity contribution in [3.8, 4) is 39.1 Å². The van der Waals surface area contributed by atoms with Crippen LogP contribution in [-0.2, 0) is 17.3 Å². The predicted molar refractivity (Wildman–Crippen MR) is 380 cm³/mol. The molecule has 0 bridgehead atoms. The van der Waals surface area contributed by atoms with Crippen LogP contribution in [0.25, 0.3) is 82.4 Å². The van der Waals surface area contributed by atoms with Gasteiger partial charge in [0.05, 0.1) is 21.9 Å². The third kappa shape index (κ3) is 8.58. The highest BCUT2D eigenvalue weighted by molar-refractivity contribution is 14.1. The van der Waals surface area contributed by atoms with Gasteiger partial charge in [-0.2, -0.15) is 0 Å². The van der Waals surface area contributed by atoms with Crippen LogP contribution in [0.1, 0.15) is 55.6 Å². The van der Waals surface area contributed by atoms with Crippen LogP contribution in [0.4, 0.5) is 0 Å². The van der Waals surface area contributed by atoms with E-state index in [1.54, 1.807) is 0 Å². The van der Waals surface area contributed by atoms with E-state index in [-0.39, 0.29) is 5.41 Å². The van der Waals surface area contributed by atoms with E-state index >= 15 is 0 Å². The van der Waals surface area contributed by atoms with Crippen molar-refractivity contribution in [2.75, 3.05) is 0 Å². The highest BCUT2D eigenvalue weighted by atomic mass is 127. The Bertz CT molecular complexity index is 5090. The maximum atomic E-state index is 3.78. The molecule has 1 nitrogen and oxygen atoms in total. The van der Waals surface area contributed by atoms with E-state index in [2.05, 4.69) is 374 Å². The number of halogens is 3. The lowest BCUT2D eigenvalue weighted by atomic mass is 9.67. The van der Waals surface area contributed by atoms with E-state index in [4.69, 9.17) is 0 Å². The monoisotopic (exact) mass is 1350 g/mol. The second-order valence-electron chi connectivity index (χ2n) is 23.0. The van der Waals surface area contributed by atoms with Crippen molar-refractivity contribution in [2.45, 2.75) is 17.3 Å². The number of hydrogen-bond acceptors (Lipinski definition) is 0. The number of benzene rings is 14. The average Bonchev–Trinajstić information content (AvgIpc) is 1.93. The summed E-state index contributed by atoms with van der Waals surface area (Å²) in [7, 11) is 0. The van der Waals surface area contributed by atoms with Crippen LogP contribution in [0.3, 0.4) is 0 Å². The van der Waals surface area contributed by atoms with E-state index in [1.807, 2.05) is 0 Å². The molecule has 412 valence electrons. The summed E-state index contributed by atoms with van der Waals surface area (Å²) in [5.41, 5.74) is 24.4. The summed E-state index contributed by atoms with van der Waals surface area (Å²) < 4.78 is 5.96. The van der Waals surface area contributed by atoms with Crippen molar-refractivity contribution in [1.29, 1.82) is 0 Å². The first-order valence-corrected chi connectivity index (χ1v) is 32.3. The molecule has 87 heavy (non-hydrogen) atoms. The zero-order chi connectivity index (χ0) is 58.2. The van der Waals surface area contributed by atoms with Gasteiger partial charge in [-0.1, -0.05) is 293 Å². The lowest BCUT2D eigenvalue weighted by molar-refractivity contribution is 0.767. The Morgan fingerprint density at radius 3 is 1.38 bits per heavy atom. The summed E-state index contributed by atoms with van der Waals surface area (Å²) in [6.07, 6.45) is 1.05. The van der Waals surface area contributed by atoms with Crippen LogP contribution in [0.2, 0.25) is 0 Å². The number of rotatable bonds is 5. The van der Waals surface area contributed by atoms with Gasteiger partial charge < -0.3 is 4.57 Å². The first-order chi connectivity index (χ1) is 42.9. The van der Waals surface area contributed by atoms with Gasteiger partial charge in [0.1, 0.15) is 0 Å². The summed E-state index contributed by atoms with van der Waals surface area (Å²) in [5, 5.41) is 7.79. The molecule has 18 rings (SSSR count). The van der Waals surface area contributed by atoms with Crippen molar-refractivity contribution in [1.82, 2.24) is 4.57 Å². The van der Waals surface area contributed by atoms with Crippen molar-refractivity contribution in [3.63, 3.8) is 0 Å². The van der Waals surface area contributed by atoms with Gasteiger partial charge in [-0.3, -0.25) is 0 Å². The summed E-state index contributed by atoms with van der Waals surface area (Å²) in [5.74, 6) is 0. The largest absolute Gasteiger partial charge is 0.309 e. The fourth-order valence-electron chi connectivity index (χ4n) is 15.0. The Hall–Kier alpha value is -8.91. The zero-order valence-corrected chi connectivity index (χ0v) is 52.6. The van der Waals surface area contributed by atoms with Crippen LogP contribution in [0.15, 0.2) is 324 Å². The second-order valence-corrected chi connectivity index (χ2v) is 26.0. The molecule has 1 aromatic heterocycles. The van der Waals surface area contributed by atoms with Crippen molar-refractivity contribution in [2.24, 2.45) is 0 Å². The Labute approximate surface area is 537 Å². The molecule has 3 aliphatic rings. The third-order valence-corrected chi connectivity index (χ3v) is 20.1. The second kappa shape index (κ2) is 21.8. The Morgan fingerprint density at radius 2 is 0.770 bits per heavy atom. The Morgan fingerprint density at radius 1 is 0.310 bits per heavy atom. The number of fused-ring (bicyclic) bond motifs is 16. The quantitative estimate of drug-likeness (QED) is 0.151. The minimum Gasteiger partial charge on any atom is -0.309 e. The van der Waals surface area contributed by atoms with Crippen LogP contribution in [0.5, 0.6) is 0 Å². The molecule has 4 heteroatoms. The van der Waals surface area contributed by atoms with Gasteiger partial charge in [-0.05, 0) is 194 Å². The molecule has 0 saturated heterocycles. The van der Waals surface area contributed by atoms with Crippen LogP contribution in [-0.4, -0.2) is 4.57 Å². The topological polar surface area (TPSA) is 4.93 Å². The molecule has 14 aromatic carbocycles. The lowest BCUT2D eigenvalue weighted by Gasteiger charge is -2.34. The van der Waals surface area contributed by atoms with E-state index in [0.717, 1.165) is 16.6 Å². The normalized spacial score (nSPS) is 13.4. The van der Waals surface area contributed by atoms with Crippen LogP contribution >= 0.6 is 54.5 Å². The first kappa shape index (κ1) is 53.6. The number of hydrogen-bond donors (Lipinski definition) is 0. The molecule has 0 aliphatic heterocycles. The standard InChI is InChI=1S/C41H26BrN.C25H17I.C17H11Br/c42-30-20-22-35-39(25-30)43(38-24-19-27-11-7-8-16-32(27)40(35)38)31-21-23-34-33-17-9-10-18-36(33)41(37(34)26-31,28-12-3-1-4-13-28)29-14-5-2-6-15-29;26-20-15-16-22-21-13-7-8-14-23(21)25(24(22)17-20,18-9-3-1-4-10-18)19-11-5-2-6-12-19;18-14-7-8-16-13(10-14)9-12-6-5-11-3-1-2-4-15(11)17(12)16/h1-26H;1-17H;1-8,10H,9H2. The molecule has 0 N–H and O–H groups in total. The highest BCUT2D eigenvalue weighted by Gasteiger charge is 2.47. The minimum absolute atomic E-state index is 0.268. The third-order valence-electron chi connectivity index (χ3n) is 18.5. The smallest absolute Gasteiger partial charge is 0.0714 e. The van der Waals surface area contributed by atoms with Gasteiger partial charge in [0.2, 0.25) is 0 Å². The van der Waals surface area contributed by atoms with Gasteiger partial charge in [-0.15, -0.1) is 0 Å². The fraction of sp³-hybridized carbons (Fsp3) is 0.0361. The zero-order valence-electron chi connectivity index (χ0n) is 47.3. The van der Waals surface area contributed by atoms with E-state index in [9.17, 15) is 0 Å². The van der Waals surface area contributed by atoms with Gasteiger partial charge in [0.25, 0.3) is 0 Å². The Balaban J connectivity index is 0.000000117. The summed E-state index contributed by atoms with van der Waals surface area (Å²) in [6.45, 7) is 0. The highest BCUT2D eigenvalue weighted by Crippen LogP contribution is 2.58. The van der Waals surface area contributed by atoms with Gasteiger partial charge >= 0.3 is 0 Å². The van der Waals surface area contributed by atoms with Crippen molar-refractivity contribution >= 4 is 97.8 Å². The van der Waals surface area contributed by atoms with Gasteiger partial charge in [-0.25, -0.2) is 0 Å². The molecule has 0 unspecified atom stereocenters. The SMILES string of the molecule is Brc1ccc2c(c1)Cc1ccc3ccccc3c1-2.Brc1ccc2c3c4ccccc4ccc3n(-c3ccc4c(c3)C(c3ccccc3)(c3ccccc3)c3ccccc3-4)c2c1.Ic1ccc2c(c1)C(c1ccccc1)(c1ccccc1)c1ccccc1-2. The molecule has 1 heterocycles. The Kier molecular flexibility index (Phi) is 13.4. The maximum Gasteiger partial charge on any atom is 0.0714 e. The average molecular weight is 1350 g/mol. The predicted octanol–water partition coefficient (Wildman–Crippen LogP) is 22.9. The molecule has 0 amide bonds. The lowest BCUT2D eigenvalue weighted by Crippen LogP contribution is -2.28. The molecule has 0 fully saturated rings. The fourth-order valence-corrected chi connectivity index (χ4v) is 16.2. The molecule has 0 spiro atoms. The molecule has 0 radical (unpaired) electrons. The van der Waals surface area contributed by atoms with Gasteiger partial charge in [0.15, 0.2) is 0 Å². The van der Waals surface area contributed by atoms with E-state index in [1.165, 1.54) is 140 Å². The molecule has 0 atom stereocenters. The number of nitrogens with zero attached hydrogens (tertiary/aromatic N) is 1. The van der Waals surface area contributed by atoms with E-state index in [0.29, 0.717) is 0 Å². The van der Waals surface area contributed by atoms with E-state index < -0.39 is 5.41 Å². The first-order valence-electron chi connectivity index (χ1n) is 29.7. The minimum atomic E-state index is -0.434. The van der Waals surface area contributed by atoms with Crippen LogP contribution in [0, 0.1) is 3.57 Å². The molecular weight excluding hydrogens is 1300 g/mol. The van der Waals surface area contributed by atoms with Crippen LogP contribution < -0.4 is 0 Å². The molecular formula is C83H54Br2IN. The van der Waals surface area contributed by atoms with Crippen molar-refractivity contribution < 1.29 is 0 Å². The molecule has 0 saturated carbocycles. The number of aromatic nitrogens is 1.